The molecule has 2 heterocycles. The number of piperidine rings is 1. The molecule has 0 radical (unpaired) electrons. The highest BCUT2D eigenvalue weighted by atomic mass is 79.9. The van der Waals surface area contributed by atoms with Crippen LogP contribution in [-0.4, -0.2) is 36.5 Å². The van der Waals surface area contributed by atoms with E-state index in [1.54, 1.807) is 0 Å². The Morgan fingerprint density at radius 2 is 2.26 bits per heavy atom. The fourth-order valence-electron chi connectivity index (χ4n) is 3.22. The first-order chi connectivity index (χ1) is 9.16. The average Bonchev–Trinajstić information content (AvgIpc) is 2.85. The van der Waals surface area contributed by atoms with Crippen molar-refractivity contribution in [2.75, 3.05) is 19.6 Å². The number of benzene rings is 1. The molecule has 0 aliphatic carbocycles. The van der Waals surface area contributed by atoms with E-state index in [-0.39, 0.29) is 5.91 Å². The van der Waals surface area contributed by atoms with Crippen molar-refractivity contribution in [3.63, 3.8) is 0 Å². The van der Waals surface area contributed by atoms with E-state index in [1.807, 2.05) is 30.0 Å². The second-order valence-corrected chi connectivity index (χ2v) is 6.44. The molecule has 2 aliphatic heterocycles. The molecule has 1 N–H and O–H groups in total. The molecule has 2 aliphatic rings. The highest BCUT2D eigenvalue weighted by Crippen LogP contribution is 2.27. The molecule has 2 unspecified atom stereocenters. The number of amides is 1. The van der Waals surface area contributed by atoms with Crippen molar-refractivity contribution >= 4 is 21.8 Å². The minimum atomic E-state index is 0.176. The number of hydrogen-bond donors (Lipinski definition) is 1. The Balaban J connectivity index is 1.79. The maximum atomic E-state index is 12.6. The van der Waals surface area contributed by atoms with E-state index < -0.39 is 0 Å². The van der Waals surface area contributed by atoms with Gasteiger partial charge in [0.2, 0.25) is 0 Å². The van der Waals surface area contributed by atoms with Crippen molar-refractivity contribution in [1.82, 2.24) is 10.2 Å². The van der Waals surface area contributed by atoms with E-state index in [4.69, 9.17) is 0 Å². The normalized spacial score (nSPS) is 26.3. The monoisotopic (exact) mass is 322 g/mol. The van der Waals surface area contributed by atoms with Gasteiger partial charge in [0.05, 0.1) is 0 Å². The SMILES string of the molecule is Cc1c(Br)cccc1C(=O)N1CC2CCCNC2C1. The molecule has 0 aromatic heterocycles. The summed E-state index contributed by atoms with van der Waals surface area (Å²) in [7, 11) is 0. The van der Waals surface area contributed by atoms with Crippen LogP contribution in [0, 0.1) is 12.8 Å². The molecule has 19 heavy (non-hydrogen) atoms. The quantitative estimate of drug-likeness (QED) is 0.862. The second kappa shape index (κ2) is 5.25. The van der Waals surface area contributed by atoms with Crippen molar-refractivity contribution in [3.05, 3.63) is 33.8 Å². The molecule has 4 heteroatoms. The van der Waals surface area contributed by atoms with Crippen LogP contribution in [0.2, 0.25) is 0 Å². The van der Waals surface area contributed by atoms with Crippen molar-refractivity contribution < 1.29 is 4.79 Å². The lowest BCUT2D eigenvalue weighted by atomic mass is 9.94. The number of carbonyl (C=O) groups is 1. The van der Waals surface area contributed by atoms with Gasteiger partial charge in [-0.2, -0.15) is 0 Å². The lowest BCUT2D eigenvalue weighted by Gasteiger charge is -2.24. The third kappa shape index (κ3) is 2.43. The molecule has 3 nitrogen and oxygen atoms in total. The molecular weight excluding hydrogens is 304 g/mol. The summed E-state index contributed by atoms with van der Waals surface area (Å²) in [6.45, 7) is 4.86. The summed E-state index contributed by atoms with van der Waals surface area (Å²) in [5.41, 5.74) is 1.86. The molecule has 2 fully saturated rings. The van der Waals surface area contributed by atoms with Gasteiger partial charge in [0, 0.05) is 29.2 Å². The Hall–Kier alpha value is -0.870. The van der Waals surface area contributed by atoms with Crippen LogP contribution >= 0.6 is 15.9 Å². The van der Waals surface area contributed by atoms with Gasteiger partial charge >= 0.3 is 0 Å². The topological polar surface area (TPSA) is 32.3 Å². The van der Waals surface area contributed by atoms with Crippen LogP contribution in [-0.2, 0) is 0 Å². The van der Waals surface area contributed by atoms with E-state index in [9.17, 15) is 4.79 Å². The lowest BCUT2D eigenvalue weighted by Crippen LogP contribution is -2.41. The van der Waals surface area contributed by atoms with Gasteiger partial charge in [0.15, 0.2) is 0 Å². The molecule has 0 saturated carbocycles. The Morgan fingerprint density at radius 1 is 1.42 bits per heavy atom. The van der Waals surface area contributed by atoms with Crippen LogP contribution in [0.5, 0.6) is 0 Å². The number of fused-ring (bicyclic) bond motifs is 1. The number of nitrogens with zero attached hydrogens (tertiary/aromatic N) is 1. The summed E-state index contributed by atoms with van der Waals surface area (Å²) in [5, 5.41) is 3.54. The van der Waals surface area contributed by atoms with Crippen molar-refractivity contribution in [2.24, 2.45) is 5.92 Å². The maximum Gasteiger partial charge on any atom is 0.254 e. The molecule has 2 atom stereocenters. The molecule has 102 valence electrons. The smallest absolute Gasteiger partial charge is 0.254 e. The summed E-state index contributed by atoms with van der Waals surface area (Å²) in [5.74, 6) is 0.820. The Labute approximate surface area is 122 Å². The lowest BCUT2D eigenvalue weighted by molar-refractivity contribution is 0.0785. The van der Waals surface area contributed by atoms with Gasteiger partial charge in [-0.05, 0) is 49.9 Å². The van der Waals surface area contributed by atoms with Crippen LogP contribution in [0.3, 0.4) is 0 Å². The zero-order valence-electron chi connectivity index (χ0n) is 11.2. The van der Waals surface area contributed by atoms with Crippen LogP contribution in [0.4, 0.5) is 0 Å². The maximum absolute atomic E-state index is 12.6. The van der Waals surface area contributed by atoms with Gasteiger partial charge < -0.3 is 10.2 Å². The molecule has 2 saturated heterocycles. The van der Waals surface area contributed by atoms with E-state index in [0.29, 0.717) is 12.0 Å². The number of carbonyl (C=O) groups excluding carboxylic acids is 1. The third-order valence-corrected chi connectivity index (χ3v) is 5.24. The number of rotatable bonds is 1. The standard InChI is InChI=1S/C15H19BrN2O/c1-10-12(5-2-6-13(10)16)15(19)18-8-11-4-3-7-17-14(11)9-18/h2,5-6,11,14,17H,3-4,7-9H2,1H3. The highest BCUT2D eigenvalue weighted by Gasteiger charge is 2.36. The fraction of sp³-hybridized carbons (Fsp3) is 0.533. The van der Waals surface area contributed by atoms with Gasteiger partial charge in [-0.25, -0.2) is 0 Å². The zero-order chi connectivity index (χ0) is 13.4. The minimum Gasteiger partial charge on any atom is -0.337 e. The molecular formula is C15H19BrN2O. The molecule has 3 rings (SSSR count). The molecule has 0 bridgehead atoms. The van der Waals surface area contributed by atoms with Gasteiger partial charge in [-0.15, -0.1) is 0 Å². The molecule has 1 aromatic rings. The third-order valence-electron chi connectivity index (χ3n) is 4.38. The average molecular weight is 323 g/mol. The summed E-state index contributed by atoms with van der Waals surface area (Å²) >= 11 is 3.50. The van der Waals surface area contributed by atoms with Crippen molar-refractivity contribution in [1.29, 1.82) is 0 Å². The molecule has 1 aromatic carbocycles. The number of nitrogens with one attached hydrogen (secondary N) is 1. The van der Waals surface area contributed by atoms with Crippen LogP contribution in [0.15, 0.2) is 22.7 Å². The van der Waals surface area contributed by atoms with E-state index in [0.717, 1.165) is 35.2 Å². The predicted molar refractivity (Wildman–Crippen MR) is 79.3 cm³/mol. The Bertz CT molecular complexity index is 489. The Kier molecular flexibility index (Phi) is 3.63. The highest BCUT2D eigenvalue weighted by molar-refractivity contribution is 9.10. The van der Waals surface area contributed by atoms with Gasteiger partial charge in [0.25, 0.3) is 5.91 Å². The largest absolute Gasteiger partial charge is 0.337 e. The summed E-state index contributed by atoms with van der Waals surface area (Å²) in [6, 6.07) is 6.35. The molecule has 0 spiro atoms. The summed E-state index contributed by atoms with van der Waals surface area (Å²) in [6.07, 6.45) is 2.48. The van der Waals surface area contributed by atoms with Gasteiger partial charge in [-0.1, -0.05) is 22.0 Å². The minimum absolute atomic E-state index is 0.176. The van der Waals surface area contributed by atoms with Crippen LogP contribution < -0.4 is 5.32 Å². The fourth-order valence-corrected chi connectivity index (χ4v) is 3.59. The number of likely N-dealkylation sites (tertiary alicyclic amines) is 1. The summed E-state index contributed by atoms with van der Waals surface area (Å²) < 4.78 is 1.01. The first-order valence-corrected chi connectivity index (χ1v) is 7.74. The second-order valence-electron chi connectivity index (χ2n) is 5.59. The van der Waals surface area contributed by atoms with E-state index in [2.05, 4.69) is 21.2 Å². The van der Waals surface area contributed by atoms with E-state index in [1.165, 1.54) is 12.8 Å². The molecule has 1 amide bonds. The van der Waals surface area contributed by atoms with Crippen molar-refractivity contribution in [3.8, 4) is 0 Å². The van der Waals surface area contributed by atoms with Crippen LogP contribution in [0.1, 0.15) is 28.8 Å². The van der Waals surface area contributed by atoms with E-state index >= 15 is 0 Å². The number of hydrogen-bond acceptors (Lipinski definition) is 2. The first-order valence-electron chi connectivity index (χ1n) is 6.94. The Morgan fingerprint density at radius 3 is 3.05 bits per heavy atom. The van der Waals surface area contributed by atoms with Crippen molar-refractivity contribution in [2.45, 2.75) is 25.8 Å². The van der Waals surface area contributed by atoms with Gasteiger partial charge in [0.1, 0.15) is 0 Å². The van der Waals surface area contributed by atoms with Gasteiger partial charge in [-0.3, -0.25) is 4.79 Å². The predicted octanol–water partition coefficient (Wildman–Crippen LogP) is 2.58. The summed E-state index contributed by atoms with van der Waals surface area (Å²) in [4.78, 5) is 14.7. The zero-order valence-corrected chi connectivity index (χ0v) is 12.7. The van der Waals surface area contributed by atoms with Crippen LogP contribution in [0.25, 0.3) is 0 Å². The first kappa shape index (κ1) is 13.1. The number of halogens is 1.